The standard InChI is InChI=1S/C25H29BrN4O3S/c1-17(2)20-9-11-23(12-10-20)29(34(5,32)33)16-25(31)28-27-15-21-13-18(3)30(19(21)4)24-8-6-7-22(26)14-24/h6-15,17H,16H2,1-5H3,(H,28,31)/b27-15-. The number of hydrogen-bond acceptors (Lipinski definition) is 4. The molecule has 3 rings (SSSR count). The zero-order chi connectivity index (χ0) is 25.0. The number of nitrogens with zero attached hydrogens (tertiary/aromatic N) is 3. The van der Waals surface area contributed by atoms with Crippen molar-refractivity contribution < 1.29 is 13.2 Å². The molecule has 0 atom stereocenters. The summed E-state index contributed by atoms with van der Waals surface area (Å²) in [4.78, 5) is 12.5. The number of sulfonamides is 1. The van der Waals surface area contributed by atoms with Crippen molar-refractivity contribution in [1.82, 2.24) is 9.99 Å². The van der Waals surface area contributed by atoms with E-state index in [0.29, 0.717) is 11.6 Å². The van der Waals surface area contributed by atoms with Crippen molar-refractivity contribution in [3.8, 4) is 5.69 Å². The first-order valence-electron chi connectivity index (χ1n) is 10.8. The molecule has 0 aliphatic rings. The van der Waals surface area contributed by atoms with Crippen LogP contribution in [0.25, 0.3) is 5.69 Å². The van der Waals surface area contributed by atoms with Crippen LogP contribution in [0.5, 0.6) is 0 Å². The minimum Gasteiger partial charge on any atom is -0.318 e. The predicted octanol–water partition coefficient (Wildman–Crippen LogP) is 4.90. The summed E-state index contributed by atoms with van der Waals surface area (Å²) in [7, 11) is -3.65. The van der Waals surface area contributed by atoms with E-state index in [1.807, 2.05) is 56.3 Å². The lowest BCUT2D eigenvalue weighted by Crippen LogP contribution is -2.39. The van der Waals surface area contributed by atoms with Crippen LogP contribution >= 0.6 is 15.9 Å². The third kappa shape index (κ3) is 6.15. The Morgan fingerprint density at radius 1 is 1.15 bits per heavy atom. The molecule has 3 aromatic rings. The number of benzene rings is 2. The highest BCUT2D eigenvalue weighted by Crippen LogP contribution is 2.23. The maximum absolute atomic E-state index is 12.5. The molecule has 1 N–H and O–H groups in total. The van der Waals surface area contributed by atoms with Crippen LogP contribution in [0.1, 0.15) is 42.3 Å². The van der Waals surface area contributed by atoms with Crippen LogP contribution in [-0.4, -0.2) is 37.9 Å². The van der Waals surface area contributed by atoms with Crippen molar-refractivity contribution in [2.45, 2.75) is 33.6 Å². The average molecular weight is 546 g/mol. The molecule has 2 aromatic carbocycles. The van der Waals surface area contributed by atoms with Gasteiger partial charge in [0.25, 0.3) is 5.91 Å². The number of carbonyl (C=O) groups is 1. The van der Waals surface area contributed by atoms with Gasteiger partial charge in [-0.05, 0) is 61.7 Å². The first-order chi connectivity index (χ1) is 16.0. The van der Waals surface area contributed by atoms with Crippen molar-refractivity contribution in [3.63, 3.8) is 0 Å². The second kappa shape index (κ2) is 10.6. The Balaban J connectivity index is 1.73. The van der Waals surface area contributed by atoms with E-state index in [1.165, 1.54) is 0 Å². The summed E-state index contributed by atoms with van der Waals surface area (Å²) in [5.41, 5.74) is 7.83. The van der Waals surface area contributed by atoms with Crippen LogP contribution in [0.15, 0.2) is 64.2 Å². The highest BCUT2D eigenvalue weighted by atomic mass is 79.9. The molecule has 1 amide bonds. The van der Waals surface area contributed by atoms with Gasteiger partial charge in [-0.1, -0.05) is 48.0 Å². The van der Waals surface area contributed by atoms with Gasteiger partial charge in [-0.2, -0.15) is 5.10 Å². The molecule has 0 saturated heterocycles. The fourth-order valence-corrected chi connectivity index (χ4v) is 4.94. The van der Waals surface area contributed by atoms with Crippen LogP contribution in [0.2, 0.25) is 0 Å². The smallest absolute Gasteiger partial charge is 0.260 e. The molecular formula is C25H29BrN4O3S. The van der Waals surface area contributed by atoms with Crippen LogP contribution in [0.4, 0.5) is 5.69 Å². The number of anilines is 1. The molecule has 0 radical (unpaired) electrons. The number of hydrazone groups is 1. The molecular weight excluding hydrogens is 516 g/mol. The minimum absolute atomic E-state index is 0.323. The molecule has 1 heterocycles. The molecule has 7 nitrogen and oxygen atoms in total. The Hall–Kier alpha value is -2.91. The number of halogens is 1. The minimum atomic E-state index is -3.65. The van der Waals surface area contributed by atoms with E-state index in [-0.39, 0.29) is 6.54 Å². The maximum Gasteiger partial charge on any atom is 0.260 e. The van der Waals surface area contributed by atoms with E-state index in [0.717, 1.165) is 43.2 Å². The Morgan fingerprint density at radius 3 is 2.41 bits per heavy atom. The highest BCUT2D eigenvalue weighted by molar-refractivity contribution is 9.10. The number of aromatic nitrogens is 1. The topological polar surface area (TPSA) is 83.8 Å². The highest BCUT2D eigenvalue weighted by Gasteiger charge is 2.21. The fourth-order valence-electron chi connectivity index (χ4n) is 3.70. The SMILES string of the molecule is Cc1cc(/C=N\NC(=O)CN(c2ccc(C(C)C)cc2)S(C)(=O)=O)c(C)n1-c1cccc(Br)c1. The lowest BCUT2D eigenvalue weighted by atomic mass is 10.0. The molecule has 0 aliphatic heterocycles. The summed E-state index contributed by atoms with van der Waals surface area (Å²) in [6, 6.07) is 17.1. The van der Waals surface area contributed by atoms with Gasteiger partial charge >= 0.3 is 0 Å². The normalized spacial score (nSPS) is 11.9. The Kier molecular flexibility index (Phi) is 7.99. The molecule has 0 saturated carbocycles. The molecule has 34 heavy (non-hydrogen) atoms. The zero-order valence-corrected chi connectivity index (χ0v) is 22.3. The zero-order valence-electron chi connectivity index (χ0n) is 19.9. The Labute approximate surface area is 209 Å². The van der Waals surface area contributed by atoms with Crippen LogP contribution in [0, 0.1) is 13.8 Å². The van der Waals surface area contributed by atoms with Gasteiger partial charge in [0.05, 0.1) is 18.2 Å². The van der Waals surface area contributed by atoms with Gasteiger partial charge in [-0.15, -0.1) is 0 Å². The number of aryl methyl sites for hydroxylation is 1. The van der Waals surface area contributed by atoms with Crippen LogP contribution in [-0.2, 0) is 14.8 Å². The van der Waals surface area contributed by atoms with Crippen molar-refractivity contribution in [1.29, 1.82) is 0 Å². The lowest BCUT2D eigenvalue weighted by Gasteiger charge is -2.21. The van der Waals surface area contributed by atoms with E-state index in [9.17, 15) is 13.2 Å². The van der Waals surface area contributed by atoms with Crippen molar-refractivity contribution in [2.75, 3.05) is 17.1 Å². The van der Waals surface area contributed by atoms with Gasteiger partial charge in [0, 0.05) is 27.1 Å². The Morgan fingerprint density at radius 2 is 1.82 bits per heavy atom. The largest absolute Gasteiger partial charge is 0.318 e. The van der Waals surface area contributed by atoms with Crippen LogP contribution in [0.3, 0.4) is 0 Å². The summed E-state index contributed by atoms with van der Waals surface area (Å²) in [6.45, 7) is 7.73. The van der Waals surface area contributed by atoms with E-state index < -0.39 is 15.9 Å². The molecule has 0 spiro atoms. The van der Waals surface area contributed by atoms with Crippen molar-refractivity contribution in [3.05, 3.63) is 81.6 Å². The predicted molar refractivity (Wildman–Crippen MR) is 141 cm³/mol. The number of carbonyl (C=O) groups excluding carboxylic acids is 1. The summed E-state index contributed by atoms with van der Waals surface area (Å²) >= 11 is 3.50. The Bertz CT molecular complexity index is 1310. The molecule has 0 aliphatic carbocycles. The fraction of sp³-hybridized carbons (Fsp3) is 0.280. The first kappa shape index (κ1) is 25.7. The molecule has 9 heteroatoms. The second-order valence-corrected chi connectivity index (χ2v) is 11.3. The molecule has 0 unspecified atom stereocenters. The summed E-state index contributed by atoms with van der Waals surface area (Å²) in [6.07, 6.45) is 2.65. The molecule has 1 aromatic heterocycles. The van der Waals surface area contributed by atoms with Gasteiger partial charge in [0.1, 0.15) is 6.54 Å². The molecule has 0 fully saturated rings. The quantitative estimate of drug-likeness (QED) is 0.323. The van der Waals surface area contributed by atoms with E-state index >= 15 is 0 Å². The molecule has 180 valence electrons. The second-order valence-electron chi connectivity index (χ2n) is 8.45. The van der Waals surface area contributed by atoms with Crippen molar-refractivity contribution in [2.24, 2.45) is 5.10 Å². The molecule has 0 bridgehead atoms. The lowest BCUT2D eigenvalue weighted by molar-refractivity contribution is -0.119. The van der Waals surface area contributed by atoms with Crippen LogP contribution < -0.4 is 9.73 Å². The van der Waals surface area contributed by atoms with E-state index in [2.05, 4.69) is 44.9 Å². The number of nitrogens with one attached hydrogen (secondary N) is 1. The number of hydrogen-bond donors (Lipinski definition) is 1. The number of rotatable bonds is 8. The summed E-state index contributed by atoms with van der Waals surface area (Å²) in [5.74, 6) is -0.209. The van der Waals surface area contributed by atoms with Gasteiger partial charge in [0.15, 0.2) is 0 Å². The van der Waals surface area contributed by atoms with Crippen molar-refractivity contribution >= 4 is 43.8 Å². The van der Waals surface area contributed by atoms with E-state index in [4.69, 9.17) is 0 Å². The summed E-state index contributed by atoms with van der Waals surface area (Å²) in [5, 5.41) is 4.07. The third-order valence-corrected chi connectivity index (χ3v) is 7.10. The van der Waals surface area contributed by atoms with E-state index in [1.54, 1.807) is 18.3 Å². The summed E-state index contributed by atoms with van der Waals surface area (Å²) < 4.78 is 28.8. The monoisotopic (exact) mass is 544 g/mol. The van der Waals surface area contributed by atoms with Gasteiger partial charge < -0.3 is 4.57 Å². The first-order valence-corrected chi connectivity index (χ1v) is 13.5. The number of amides is 1. The van der Waals surface area contributed by atoms with Gasteiger partial charge in [-0.25, -0.2) is 13.8 Å². The maximum atomic E-state index is 12.5. The van der Waals surface area contributed by atoms with Gasteiger partial charge in [0.2, 0.25) is 10.0 Å². The average Bonchev–Trinajstić information content (AvgIpc) is 3.04. The van der Waals surface area contributed by atoms with Gasteiger partial charge in [-0.3, -0.25) is 9.10 Å². The third-order valence-electron chi connectivity index (χ3n) is 5.46.